The summed E-state index contributed by atoms with van der Waals surface area (Å²) in [5.74, 6) is -0.296. The molecule has 3 aromatic rings. The number of carbonyl (C=O) groups excluding carboxylic acids is 1. The average molecular weight is 451 g/mol. The predicted octanol–water partition coefficient (Wildman–Crippen LogP) is 2.18. The summed E-state index contributed by atoms with van der Waals surface area (Å²) in [7, 11) is -3.82. The number of aromatic nitrogens is 4. The van der Waals surface area contributed by atoms with Gasteiger partial charge in [-0.3, -0.25) is 9.48 Å². The van der Waals surface area contributed by atoms with Crippen LogP contribution in [-0.4, -0.2) is 34.1 Å². The first-order chi connectivity index (χ1) is 12.8. The molecule has 11 heteroatoms. The number of benzene rings is 1. The Bertz CT molecular complexity index is 1050. The van der Waals surface area contributed by atoms with E-state index in [9.17, 15) is 13.2 Å². The van der Waals surface area contributed by atoms with E-state index in [2.05, 4.69) is 41.0 Å². The fourth-order valence-corrected chi connectivity index (χ4v) is 3.42. The minimum atomic E-state index is -3.82. The standard InChI is InChI=1S/C16H15BrN6O3S/c1-11-14(17)9-20-23(11)10-15(24)21-12-3-5-13(6-4-12)27(25,26)22-16-18-7-2-8-19-16/h2-9H,10H2,1H3,(H,21,24)(H,18,19,22). The van der Waals surface area contributed by atoms with Crippen molar-refractivity contribution in [2.24, 2.45) is 0 Å². The average Bonchev–Trinajstić information content (AvgIpc) is 2.94. The van der Waals surface area contributed by atoms with Crippen LogP contribution in [0.5, 0.6) is 0 Å². The lowest BCUT2D eigenvalue weighted by atomic mass is 10.3. The second-order valence-electron chi connectivity index (χ2n) is 5.49. The third kappa shape index (κ3) is 4.68. The molecule has 0 radical (unpaired) electrons. The van der Waals surface area contributed by atoms with Gasteiger partial charge in [-0.05, 0) is 53.2 Å². The Balaban J connectivity index is 1.66. The SMILES string of the molecule is Cc1c(Br)cnn1CC(=O)Nc1ccc(S(=O)(=O)Nc2ncccn2)cc1. The van der Waals surface area contributed by atoms with Gasteiger partial charge in [-0.1, -0.05) is 0 Å². The first-order valence-electron chi connectivity index (χ1n) is 7.73. The van der Waals surface area contributed by atoms with Crippen molar-refractivity contribution in [1.29, 1.82) is 0 Å². The van der Waals surface area contributed by atoms with Crippen molar-refractivity contribution in [3.05, 3.63) is 59.1 Å². The molecule has 0 aliphatic rings. The zero-order valence-electron chi connectivity index (χ0n) is 14.1. The van der Waals surface area contributed by atoms with E-state index in [0.29, 0.717) is 5.69 Å². The topological polar surface area (TPSA) is 119 Å². The summed E-state index contributed by atoms with van der Waals surface area (Å²) >= 11 is 3.34. The monoisotopic (exact) mass is 450 g/mol. The van der Waals surface area contributed by atoms with E-state index in [0.717, 1.165) is 10.2 Å². The molecule has 0 bridgehead atoms. The maximum Gasteiger partial charge on any atom is 0.264 e. The Labute approximate surface area is 164 Å². The molecule has 0 saturated heterocycles. The number of sulfonamides is 1. The number of halogens is 1. The summed E-state index contributed by atoms with van der Waals surface area (Å²) in [5, 5.41) is 6.79. The number of anilines is 2. The molecule has 0 aliphatic carbocycles. The van der Waals surface area contributed by atoms with Gasteiger partial charge in [0.25, 0.3) is 10.0 Å². The van der Waals surface area contributed by atoms with Crippen molar-refractivity contribution >= 4 is 43.5 Å². The van der Waals surface area contributed by atoms with Crippen molar-refractivity contribution in [3.8, 4) is 0 Å². The van der Waals surface area contributed by atoms with Gasteiger partial charge in [-0.25, -0.2) is 23.1 Å². The second kappa shape index (κ2) is 7.84. The van der Waals surface area contributed by atoms with Crippen molar-refractivity contribution in [3.63, 3.8) is 0 Å². The third-order valence-electron chi connectivity index (χ3n) is 3.58. The minimum Gasteiger partial charge on any atom is -0.324 e. The number of nitrogens with one attached hydrogen (secondary N) is 2. The van der Waals surface area contributed by atoms with Gasteiger partial charge in [0.15, 0.2) is 0 Å². The van der Waals surface area contributed by atoms with Crippen LogP contribution in [0.4, 0.5) is 11.6 Å². The van der Waals surface area contributed by atoms with Gasteiger partial charge in [0.1, 0.15) is 6.54 Å². The highest BCUT2D eigenvalue weighted by Crippen LogP contribution is 2.17. The maximum atomic E-state index is 12.3. The van der Waals surface area contributed by atoms with E-state index in [1.807, 2.05) is 6.92 Å². The molecular weight excluding hydrogens is 436 g/mol. The van der Waals surface area contributed by atoms with Gasteiger partial charge < -0.3 is 5.32 Å². The van der Waals surface area contributed by atoms with Crippen LogP contribution < -0.4 is 10.0 Å². The number of amides is 1. The van der Waals surface area contributed by atoms with Gasteiger partial charge in [0, 0.05) is 18.1 Å². The highest BCUT2D eigenvalue weighted by atomic mass is 79.9. The molecule has 0 aliphatic heterocycles. The summed E-state index contributed by atoms with van der Waals surface area (Å²) in [6.45, 7) is 1.89. The zero-order valence-corrected chi connectivity index (χ0v) is 16.5. The number of nitrogens with zero attached hydrogens (tertiary/aromatic N) is 4. The summed E-state index contributed by atoms with van der Waals surface area (Å²) in [6, 6.07) is 7.36. The molecule has 0 fully saturated rings. The molecule has 0 atom stereocenters. The summed E-state index contributed by atoms with van der Waals surface area (Å²) in [4.78, 5) is 19.8. The summed E-state index contributed by atoms with van der Waals surface area (Å²) in [6.07, 6.45) is 4.48. The van der Waals surface area contributed by atoms with E-state index in [1.165, 1.54) is 36.7 Å². The van der Waals surface area contributed by atoms with Gasteiger partial charge in [0.05, 0.1) is 21.3 Å². The van der Waals surface area contributed by atoms with Gasteiger partial charge in [-0.2, -0.15) is 5.10 Å². The predicted molar refractivity (Wildman–Crippen MR) is 103 cm³/mol. The van der Waals surface area contributed by atoms with Gasteiger partial charge in [0.2, 0.25) is 11.9 Å². The Morgan fingerprint density at radius 2 is 1.85 bits per heavy atom. The molecule has 3 rings (SSSR count). The molecule has 0 spiro atoms. The first-order valence-corrected chi connectivity index (χ1v) is 10.0. The van der Waals surface area contributed by atoms with Crippen LogP contribution in [-0.2, 0) is 21.4 Å². The summed E-state index contributed by atoms with van der Waals surface area (Å²) < 4.78 is 29.3. The highest BCUT2D eigenvalue weighted by Gasteiger charge is 2.16. The Kier molecular flexibility index (Phi) is 5.51. The Hall–Kier alpha value is -2.79. The third-order valence-corrected chi connectivity index (χ3v) is 5.70. The molecule has 2 aromatic heterocycles. The quantitative estimate of drug-likeness (QED) is 0.593. The lowest BCUT2D eigenvalue weighted by molar-refractivity contribution is -0.116. The van der Waals surface area contributed by atoms with Gasteiger partial charge in [-0.15, -0.1) is 0 Å². The van der Waals surface area contributed by atoms with E-state index in [1.54, 1.807) is 16.9 Å². The highest BCUT2D eigenvalue weighted by molar-refractivity contribution is 9.10. The van der Waals surface area contributed by atoms with Crippen molar-refractivity contribution in [2.45, 2.75) is 18.4 Å². The van der Waals surface area contributed by atoms with Crippen LogP contribution in [0.15, 0.2) is 58.3 Å². The van der Waals surface area contributed by atoms with E-state index >= 15 is 0 Å². The molecule has 2 N–H and O–H groups in total. The fourth-order valence-electron chi connectivity index (χ4n) is 2.17. The number of hydrogen-bond acceptors (Lipinski definition) is 6. The van der Waals surface area contributed by atoms with Crippen LogP contribution >= 0.6 is 15.9 Å². The number of rotatable bonds is 6. The number of carbonyl (C=O) groups is 1. The number of hydrogen-bond donors (Lipinski definition) is 2. The van der Waals surface area contributed by atoms with Crippen molar-refractivity contribution < 1.29 is 13.2 Å². The molecule has 2 heterocycles. The molecule has 140 valence electrons. The van der Waals surface area contributed by atoms with E-state index < -0.39 is 10.0 Å². The summed E-state index contributed by atoms with van der Waals surface area (Å²) in [5.41, 5.74) is 1.31. The molecule has 1 amide bonds. The van der Waals surface area contributed by atoms with Gasteiger partial charge >= 0.3 is 0 Å². The second-order valence-corrected chi connectivity index (χ2v) is 8.02. The minimum absolute atomic E-state index is 0.0179. The van der Waals surface area contributed by atoms with E-state index in [-0.39, 0.29) is 23.3 Å². The Morgan fingerprint density at radius 3 is 2.44 bits per heavy atom. The lowest BCUT2D eigenvalue weighted by Gasteiger charge is -2.09. The smallest absolute Gasteiger partial charge is 0.264 e. The van der Waals surface area contributed by atoms with Crippen LogP contribution in [0.25, 0.3) is 0 Å². The largest absolute Gasteiger partial charge is 0.324 e. The molecule has 27 heavy (non-hydrogen) atoms. The zero-order chi connectivity index (χ0) is 19.4. The van der Waals surface area contributed by atoms with E-state index in [4.69, 9.17) is 0 Å². The Morgan fingerprint density at radius 1 is 1.19 bits per heavy atom. The first kappa shape index (κ1) is 19.0. The maximum absolute atomic E-state index is 12.3. The molecule has 9 nitrogen and oxygen atoms in total. The molecular formula is C16H15BrN6O3S. The molecule has 0 saturated carbocycles. The van der Waals surface area contributed by atoms with Crippen LogP contribution in [0.1, 0.15) is 5.69 Å². The van der Waals surface area contributed by atoms with Crippen molar-refractivity contribution in [2.75, 3.05) is 10.0 Å². The van der Waals surface area contributed by atoms with Crippen LogP contribution in [0, 0.1) is 6.92 Å². The molecule has 1 aromatic carbocycles. The van der Waals surface area contributed by atoms with Crippen LogP contribution in [0.3, 0.4) is 0 Å². The fraction of sp³-hybridized carbons (Fsp3) is 0.125. The van der Waals surface area contributed by atoms with Crippen LogP contribution in [0.2, 0.25) is 0 Å². The normalized spacial score (nSPS) is 11.2. The molecule has 0 unspecified atom stereocenters. The lowest BCUT2D eigenvalue weighted by Crippen LogP contribution is -2.20. The van der Waals surface area contributed by atoms with Crippen molar-refractivity contribution in [1.82, 2.24) is 19.7 Å².